The van der Waals surface area contributed by atoms with Gasteiger partial charge in [-0.1, -0.05) is 22.9 Å². The standard InChI is InChI=1S/C16H23BrN2/c1-15-6-11-4-12(7-15)9-16(8-11,10-15)13(17)5-14-18-2-3-19-14/h2-3,11-13H,4-10H2,1H3,(H,18,19). The molecule has 4 aliphatic rings. The number of alkyl halides is 1. The third kappa shape index (κ3) is 2.00. The zero-order valence-corrected chi connectivity index (χ0v) is 13.2. The highest BCUT2D eigenvalue weighted by atomic mass is 79.9. The zero-order valence-electron chi connectivity index (χ0n) is 11.7. The van der Waals surface area contributed by atoms with Gasteiger partial charge >= 0.3 is 0 Å². The Balaban J connectivity index is 1.59. The maximum Gasteiger partial charge on any atom is 0.107 e. The predicted octanol–water partition coefficient (Wildman–Crippen LogP) is 4.32. The van der Waals surface area contributed by atoms with Gasteiger partial charge in [0.25, 0.3) is 0 Å². The van der Waals surface area contributed by atoms with E-state index in [2.05, 4.69) is 32.8 Å². The van der Waals surface area contributed by atoms with Crippen LogP contribution in [0.5, 0.6) is 0 Å². The smallest absolute Gasteiger partial charge is 0.107 e. The summed E-state index contributed by atoms with van der Waals surface area (Å²) in [7, 11) is 0. The van der Waals surface area contributed by atoms with E-state index in [0.29, 0.717) is 15.7 Å². The first kappa shape index (κ1) is 12.4. The van der Waals surface area contributed by atoms with Crippen LogP contribution in [0, 0.1) is 22.7 Å². The van der Waals surface area contributed by atoms with Crippen molar-refractivity contribution in [2.75, 3.05) is 0 Å². The first-order valence-electron chi connectivity index (χ1n) is 7.69. The number of nitrogens with zero attached hydrogens (tertiary/aromatic N) is 1. The molecule has 3 heteroatoms. The summed E-state index contributed by atoms with van der Waals surface area (Å²) in [5.41, 5.74) is 1.19. The van der Waals surface area contributed by atoms with Gasteiger partial charge in [0.2, 0.25) is 0 Å². The van der Waals surface area contributed by atoms with Crippen molar-refractivity contribution in [3.63, 3.8) is 0 Å². The molecule has 0 amide bonds. The van der Waals surface area contributed by atoms with E-state index < -0.39 is 0 Å². The van der Waals surface area contributed by atoms with Gasteiger partial charge in [-0.15, -0.1) is 0 Å². The fourth-order valence-electron chi connectivity index (χ4n) is 5.96. The van der Waals surface area contributed by atoms with E-state index in [9.17, 15) is 0 Å². The number of aromatic amines is 1. The van der Waals surface area contributed by atoms with Gasteiger partial charge in [0, 0.05) is 23.6 Å². The fraction of sp³-hybridized carbons (Fsp3) is 0.812. The van der Waals surface area contributed by atoms with Crippen LogP contribution in [0.15, 0.2) is 12.4 Å². The number of imidazole rings is 1. The Labute approximate surface area is 123 Å². The van der Waals surface area contributed by atoms with Crippen LogP contribution in [0.3, 0.4) is 0 Å². The van der Waals surface area contributed by atoms with E-state index in [0.717, 1.165) is 24.1 Å². The molecule has 3 atom stereocenters. The Bertz CT molecular complexity index is 453. The van der Waals surface area contributed by atoms with Gasteiger partial charge in [0.1, 0.15) is 5.82 Å². The van der Waals surface area contributed by atoms with Gasteiger partial charge in [-0.05, 0) is 61.2 Å². The normalized spacial score (nSPS) is 45.6. The lowest BCUT2D eigenvalue weighted by atomic mass is 9.44. The zero-order chi connectivity index (χ0) is 13.1. The van der Waals surface area contributed by atoms with Gasteiger partial charge in [-0.25, -0.2) is 4.98 Å². The molecule has 5 rings (SSSR count). The van der Waals surface area contributed by atoms with Crippen LogP contribution in [0.2, 0.25) is 0 Å². The molecule has 2 nitrogen and oxygen atoms in total. The summed E-state index contributed by atoms with van der Waals surface area (Å²) >= 11 is 4.05. The van der Waals surface area contributed by atoms with Gasteiger partial charge in [-0.3, -0.25) is 0 Å². The molecule has 1 aromatic heterocycles. The molecule has 104 valence electrons. The monoisotopic (exact) mass is 322 g/mol. The van der Waals surface area contributed by atoms with Crippen molar-refractivity contribution in [3.8, 4) is 0 Å². The number of hydrogen-bond acceptors (Lipinski definition) is 1. The number of H-pyrrole nitrogens is 1. The summed E-state index contributed by atoms with van der Waals surface area (Å²) < 4.78 is 0. The number of aromatic nitrogens is 2. The lowest BCUT2D eigenvalue weighted by molar-refractivity contribution is -0.101. The molecule has 3 unspecified atom stereocenters. The Kier molecular flexibility index (Phi) is 2.68. The second kappa shape index (κ2) is 4.09. The Morgan fingerprint density at radius 3 is 2.68 bits per heavy atom. The minimum Gasteiger partial charge on any atom is -0.349 e. The highest BCUT2D eigenvalue weighted by molar-refractivity contribution is 9.09. The molecule has 1 N–H and O–H groups in total. The summed E-state index contributed by atoms with van der Waals surface area (Å²) in [5.74, 6) is 3.15. The first-order chi connectivity index (χ1) is 9.07. The fourth-order valence-corrected chi connectivity index (χ4v) is 6.80. The molecule has 0 saturated heterocycles. The number of nitrogens with one attached hydrogen (secondary N) is 1. The maximum absolute atomic E-state index is 4.42. The molecule has 19 heavy (non-hydrogen) atoms. The Morgan fingerprint density at radius 2 is 2.11 bits per heavy atom. The second-order valence-electron chi connectivity index (χ2n) is 7.84. The average Bonchev–Trinajstić information content (AvgIpc) is 2.78. The molecule has 4 bridgehead atoms. The highest BCUT2D eigenvalue weighted by Gasteiger charge is 2.57. The summed E-state index contributed by atoms with van der Waals surface area (Å²) in [4.78, 5) is 8.28. The molecule has 0 spiro atoms. The van der Waals surface area contributed by atoms with Crippen LogP contribution in [0.1, 0.15) is 51.3 Å². The summed E-state index contributed by atoms with van der Waals surface area (Å²) in [6.07, 6.45) is 13.7. The van der Waals surface area contributed by atoms with Crippen LogP contribution in [0.4, 0.5) is 0 Å². The van der Waals surface area contributed by atoms with Crippen LogP contribution in [0.25, 0.3) is 0 Å². The molecule has 1 heterocycles. The predicted molar refractivity (Wildman–Crippen MR) is 80.2 cm³/mol. The van der Waals surface area contributed by atoms with E-state index in [-0.39, 0.29) is 0 Å². The minimum absolute atomic E-state index is 0.547. The molecule has 0 aliphatic heterocycles. The molecule has 4 saturated carbocycles. The molecule has 0 aromatic carbocycles. The molecular formula is C16H23BrN2. The van der Waals surface area contributed by atoms with Gasteiger partial charge in [0.15, 0.2) is 0 Å². The van der Waals surface area contributed by atoms with Gasteiger partial charge in [0.05, 0.1) is 0 Å². The summed E-state index contributed by atoms with van der Waals surface area (Å²) in [6.45, 7) is 2.55. The number of rotatable bonds is 3. The Morgan fingerprint density at radius 1 is 1.37 bits per heavy atom. The van der Waals surface area contributed by atoms with Crippen molar-refractivity contribution in [3.05, 3.63) is 18.2 Å². The van der Waals surface area contributed by atoms with Crippen LogP contribution in [-0.4, -0.2) is 14.8 Å². The largest absolute Gasteiger partial charge is 0.349 e. The van der Waals surface area contributed by atoms with Crippen molar-refractivity contribution >= 4 is 15.9 Å². The van der Waals surface area contributed by atoms with Crippen molar-refractivity contribution < 1.29 is 0 Å². The first-order valence-corrected chi connectivity index (χ1v) is 8.61. The van der Waals surface area contributed by atoms with E-state index in [1.807, 2.05) is 12.4 Å². The Hall–Kier alpha value is -0.310. The number of halogens is 1. The molecule has 1 aromatic rings. The minimum atomic E-state index is 0.547. The van der Waals surface area contributed by atoms with Gasteiger partial charge in [-0.2, -0.15) is 0 Å². The van der Waals surface area contributed by atoms with Crippen LogP contribution >= 0.6 is 15.9 Å². The van der Waals surface area contributed by atoms with E-state index >= 15 is 0 Å². The lowest BCUT2D eigenvalue weighted by Gasteiger charge is -2.62. The number of hydrogen-bond donors (Lipinski definition) is 1. The summed E-state index contributed by atoms with van der Waals surface area (Å²) in [6, 6.07) is 0. The van der Waals surface area contributed by atoms with E-state index in [1.165, 1.54) is 38.5 Å². The molecular weight excluding hydrogens is 300 g/mol. The summed E-state index contributed by atoms with van der Waals surface area (Å²) in [5, 5.41) is 0. The highest BCUT2D eigenvalue weighted by Crippen LogP contribution is 2.67. The van der Waals surface area contributed by atoms with Crippen molar-refractivity contribution in [2.45, 2.75) is 56.7 Å². The van der Waals surface area contributed by atoms with Crippen molar-refractivity contribution in [1.29, 1.82) is 0 Å². The topological polar surface area (TPSA) is 28.7 Å². The SMILES string of the molecule is CC12CC3CC(C1)CC(C(Br)Cc1ncc[nH]1)(C3)C2. The third-order valence-electron chi connectivity index (χ3n) is 5.99. The van der Waals surface area contributed by atoms with E-state index in [4.69, 9.17) is 0 Å². The molecule has 0 radical (unpaired) electrons. The van der Waals surface area contributed by atoms with Crippen LogP contribution < -0.4 is 0 Å². The second-order valence-corrected chi connectivity index (χ2v) is 8.95. The third-order valence-corrected chi connectivity index (χ3v) is 7.29. The quantitative estimate of drug-likeness (QED) is 0.825. The molecule has 4 aliphatic carbocycles. The average molecular weight is 323 g/mol. The van der Waals surface area contributed by atoms with Crippen molar-refractivity contribution in [1.82, 2.24) is 9.97 Å². The van der Waals surface area contributed by atoms with Gasteiger partial charge < -0.3 is 4.98 Å². The van der Waals surface area contributed by atoms with Crippen molar-refractivity contribution in [2.24, 2.45) is 22.7 Å². The van der Waals surface area contributed by atoms with Crippen LogP contribution in [-0.2, 0) is 6.42 Å². The maximum atomic E-state index is 4.42. The lowest BCUT2D eigenvalue weighted by Crippen LogP contribution is -2.54. The molecule has 4 fully saturated rings. The van der Waals surface area contributed by atoms with E-state index in [1.54, 1.807) is 0 Å².